The summed E-state index contributed by atoms with van der Waals surface area (Å²) in [7, 11) is 0. The average molecular weight is 577 g/mol. The number of unbranched alkanes of at least 4 members (excludes halogenated alkanes) is 1. The summed E-state index contributed by atoms with van der Waals surface area (Å²) in [4.78, 5) is 25.3. The molecule has 0 radical (unpaired) electrons. The lowest BCUT2D eigenvalue weighted by molar-refractivity contribution is 0.0718. The van der Waals surface area contributed by atoms with Gasteiger partial charge in [-0.05, 0) is 106 Å². The van der Waals surface area contributed by atoms with Gasteiger partial charge in [-0.25, -0.2) is 9.59 Å². The Balaban J connectivity index is 1.04. The van der Waals surface area contributed by atoms with Crippen molar-refractivity contribution < 1.29 is 42.7 Å². The summed E-state index contributed by atoms with van der Waals surface area (Å²) in [6.07, 6.45) is 1.76. The zero-order valence-corrected chi connectivity index (χ0v) is 24.2. The van der Waals surface area contributed by atoms with Crippen molar-refractivity contribution in [2.45, 2.75) is 44.8 Å². The van der Waals surface area contributed by atoms with Crippen molar-refractivity contribution in [3.05, 3.63) is 83.4 Å². The van der Waals surface area contributed by atoms with Gasteiger partial charge >= 0.3 is 11.9 Å². The van der Waals surface area contributed by atoms with Crippen molar-refractivity contribution in [3.8, 4) is 23.0 Å². The Hall–Kier alpha value is -3.92. The Bertz CT molecular complexity index is 1370. The maximum Gasteiger partial charge on any atom is 0.343 e. The minimum atomic E-state index is -0.503. The van der Waals surface area contributed by atoms with Crippen molar-refractivity contribution in [1.82, 2.24) is 0 Å². The van der Waals surface area contributed by atoms with Crippen LogP contribution in [0.3, 0.4) is 0 Å². The summed E-state index contributed by atoms with van der Waals surface area (Å²) in [6, 6.07) is 18.4. The van der Waals surface area contributed by atoms with Crippen LogP contribution >= 0.6 is 0 Å². The third kappa shape index (κ3) is 8.55. The van der Waals surface area contributed by atoms with Crippen LogP contribution in [0.15, 0.2) is 66.7 Å². The largest absolute Gasteiger partial charge is 0.494 e. The molecule has 0 amide bonds. The molecule has 5 rings (SSSR count). The number of benzene rings is 3. The summed E-state index contributed by atoms with van der Waals surface area (Å²) in [6.45, 7) is 9.58. The van der Waals surface area contributed by atoms with E-state index < -0.39 is 11.9 Å². The minimum absolute atomic E-state index is 0.0781. The number of hydrogen-bond acceptors (Lipinski definition) is 9. The van der Waals surface area contributed by atoms with Crippen LogP contribution in [0.4, 0.5) is 0 Å². The van der Waals surface area contributed by atoms with E-state index in [-0.39, 0.29) is 11.2 Å². The van der Waals surface area contributed by atoms with Crippen LogP contribution < -0.4 is 18.9 Å². The van der Waals surface area contributed by atoms with Gasteiger partial charge in [0, 0.05) is 6.61 Å². The summed E-state index contributed by atoms with van der Waals surface area (Å²) in [5.41, 5.74) is 1.14. The van der Waals surface area contributed by atoms with Crippen LogP contribution in [-0.4, -0.2) is 62.8 Å². The lowest BCUT2D eigenvalue weighted by atomic mass is 10.2. The van der Waals surface area contributed by atoms with Gasteiger partial charge in [0.05, 0.1) is 37.6 Å². The van der Waals surface area contributed by atoms with Crippen LogP contribution in [0.2, 0.25) is 0 Å². The fourth-order valence-electron chi connectivity index (χ4n) is 3.93. The van der Waals surface area contributed by atoms with Gasteiger partial charge in [-0.15, -0.1) is 0 Å². The van der Waals surface area contributed by atoms with Crippen LogP contribution in [-0.2, 0) is 14.2 Å². The first-order chi connectivity index (χ1) is 20.2. The monoisotopic (exact) mass is 576 g/mol. The highest BCUT2D eigenvalue weighted by Crippen LogP contribution is 2.28. The molecule has 0 N–H and O–H groups in total. The Kier molecular flexibility index (Phi) is 9.11. The zero-order valence-electron chi connectivity index (χ0n) is 24.2. The normalized spacial score (nSPS) is 20.5. The van der Waals surface area contributed by atoms with Crippen molar-refractivity contribution >= 4 is 11.9 Å². The predicted octanol–water partition coefficient (Wildman–Crippen LogP) is 5.57. The lowest BCUT2D eigenvalue weighted by Crippen LogP contribution is -2.17. The smallest absolute Gasteiger partial charge is 0.343 e. The molecule has 0 aromatic heterocycles. The number of hydrogen-bond donors (Lipinski definition) is 0. The number of esters is 2. The quantitative estimate of drug-likeness (QED) is 0.0994. The van der Waals surface area contributed by atoms with Crippen LogP contribution in [0, 0.1) is 6.92 Å². The molecule has 3 aromatic rings. The van der Waals surface area contributed by atoms with E-state index in [0.717, 1.165) is 19.4 Å². The molecule has 9 heteroatoms. The highest BCUT2D eigenvalue weighted by Gasteiger charge is 2.40. The highest BCUT2D eigenvalue weighted by atomic mass is 16.6. The molecule has 0 bridgehead atoms. The maximum atomic E-state index is 12.7. The molecule has 42 heavy (non-hydrogen) atoms. The Labute approximate surface area is 245 Å². The van der Waals surface area contributed by atoms with Gasteiger partial charge in [0.1, 0.15) is 40.8 Å². The topological polar surface area (TPSA) is 105 Å². The summed E-state index contributed by atoms with van der Waals surface area (Å²) in [5, 5.41) is 0. The standard InChI is InChI=1S/C33H36O9/c1-23-18-28(41-30(34)24-8-12-27(13-9-24)38-20-33(3)22-40-33)14-15-29(23)42-31(35)25-6-10-26(11-7-25)37-17-5-4-16-36-19-32(2)21-39-32/h6-15,18H,4-5,16-17,19-22H2,1-3H3. The summed E-state index contributed by atoms with van der Waals surface area (Å²) >= 11 is 0. The lowest BCUT2D eigenvalue weighted by Gasteiger charge is -2.11. The van der Waals surface area contributed by atoms with Crippen molar-refractivity contribution in [1.29, 1.82) is 0 Å². The summed E-state index contributed by atoms with van der Waals surface area (Å²) < 4.78 is 38.8. The molecule has 2 heterocycles. The molecule has 2 saturated heterocycles. The number of rotatable bonds is 15. The molecule has 222 valence electrons. The molecule has 0 spiro atoms. The minimum Gasteiger partial charge on any atom is -0.494 e. The maximum absolute atomic E-state index is 12.7. The van der Waals surface area contributed by atoms with E-state index in [2.05, 4.69) is 0 Å². The second-order valence-corrected chi connectivity index (χ2v) is 11.1. The molecule has 3 aromatic carbocycles. The van der Waals surface area contributed by atoms with E-state index in [1.165, 1.54) is 0 Å². The summed E-state index contributed by atoms with van der Waals surface area (Å²) in [5.74, 6) is 1.05. The van der Waals surface area contributed by atoms with Gasteiger partial charge in [-0.2, -0.15) is 0 Å². The molecule has 2 atom stereocenters. The molecular formula is C33H36O9. The van der Waals surface area contributed by atoms with E-state index in [0.29, 0.717) is 72.7 Å². The first-order valence-corrected chi connectivity index (χ1v) is 14.1. The van der Waals surface area contributed by atoms with Gasteiger partial charge in [0.2, 0.25) is 0 Å². The molecule has 2 aliphatic heterocycles. The molecule has 0 saturated carbocycles. The molecule has 2 fully saturated rings. The predicted molar refractivity (Wildman–Crippen MR) is 154 cm³/mol. The number of ether oxygens (including phenoxy) is 7. The zero-order chi connectivity index (χ0) is 29.6. The first-order valence-electron chi connectivity index (χ1n) is 14.1. The van der Waals surface area contributed by atoms with E-state index in [9.17, 15) is 9.59 Å². The highest BCUT2D eigenvalue weighted by molar-refractivity contribution is 5.92. The van der Waals surface area contributed by atoms with Crippen LogP contribution in [0.5, 0.6) is 23.0 Å². The van der Waals surface area contributed by atoms with Gasteiger partial charge in [-0.3, -0.25) is 0 Å². The van der Waals surface area contributed by atoms with Gasteiger partial charge in [0.15, 0.2) is 0 Å². The first kappa shape index (κ1) is 29.6. The Morgan fingerprint density at radius 1 is 0.690 bits per heavy atom. The van der Waals surface area contributed by atoms with E-state index in [1.54, 1.807) is 73.7 Å². The molecule has 2 unspecified atom stereocenters. The third-order valence-electron chi connectivity index (χ3n) is 6.92. The Morgan fingerprint density at radius 2 is 1.21 bits per heavy atom. The third-order valence-corrected chi connectivity index (χ3v) is 6.92. The second-order valence-electron chi connectivity index (χ2n) is 11.1. The average Bonchev–Trinajstić information content (AvgIpc) is 3.91. The number of epoxide rings is 2. The van der Waals surface area contributed by atoms with E-state index in [1.807, 2.05) is 13.8 Å². The second kappa shape index (κ2) is 12.9. The molecule has 0 aliphatic carbocycles. The molecular weight excluding hydrogens is 540 g/mol. The molecule has 9 nitrogen and oxygen atoms in total. The van der Waals surface area contributed by atoms with Crippen LogP contribution in [0.25, 0.3) is 0 Å². The van der Waals surface area contributed by atoms with Gasteiger partial charge < -0.3 is 33.2 Å². The number of carbonyl (C=O) groups is 2. The fourth-order valence-corrected chi connectivity index (χ4v) is 3.93. The number of aryl methyl sites for hydroxylation is 1. The van der Waals surface area contributed by atoms with Crippen molar-refractivity contribution in [2.24, 2.45) is 0 Å². The Morgan fingerprint density at radius 3 is 1.81 bits per heavy atom. The van der Waals surface area contributed by atoms with E-state index in [4.69, 9.17) is 33.2 Å². The van der Waals surface area contributed by atoms with E-state index >= 15 is 0 Å². The molecule has 2 aliphatic rings. The van der Waals surface area contributed by atoms with Crippen LogP contribution in [0.1, 0.15) is 53.0 Å². The van der Waals surface area contributed by atoms with Gasteiger partial charge in [-0.1, -0.05) is 0 Å². The van der Waals surface area contributed by atoms with Gasteiger partial charge in [0.25, 0.3) is 0 Å². The SMILES string of the molecule is Cc1cc(OC(=O)c2ccc(OCC3(C)CO3)cc2)ccc1OC(=O)c1ccc(OCCCCOCC2(C)CO2)cc1. The number of carbonyl (C=O) groups excluding carboxylic acids is 2. The van der Waals surface area contributed by atoms with Crippen molar-refractivity contribution in [2.75, 3.05) is 39.6 Å². The van der Waals surface area contributed by atoms with Crippen molar-refractivity contribution in [3.63, 3.8) is 0 Å². The fraction of sp³-hybridized carbons (Fsp3) is 0.394.